The topological polar surface area (TPSA) is 23.4 Å². The monoisotopic (exact) mass is 275 g/mol. The van der Waals surface area contributed by atoms with Crippen molar-refractivity contribution < 1.29 is 13.7 Å². The number of aromatic nitrogens is 1. The highest BCUT2D eigenvalue weighted by Crippen LogP contribution is 2.36. The van der Waals surface area contributed by atoms with Crippen LogP contribution < -0.4 is 5.46 Å². The summed E-state index contributed by atoms with van der Waals surface area (Å²) in [7, 11) is 1.42. The lowest BCUT2D eigenvalue weighted by atomic mass is 9.79. The van der Waals surface area contributed by atoms with Crippen LogP contribution in [0.5, 0.6) is 0 Å². The normalized spacial score (nSPS) is 20.8. The van der Waals surface area contributed by atoms with Crippen molar-refractivity contribution in [1.29, 1.82) is 0 Å². The zero-order chi connectivity index (χ0) is 14.7. The molecule has 20 heavy (non-hydrogen) atoms. The Morgan fingerprint density at radius 3 is 2.30 bits per heavy atom. The Bertz CT molecular complexity index is 662. The Morgan fingerprint density at radius 1 is 1.10 bits per heavy atom. The second kappa shape index (κ2) is 4.09. The van der Waals surface area contributed by atoms with Crippen molar-refractivity contribution in [2.75, 3.05) is 0 Å². The fourth-order valence-corrected chi connectivity index (χ4v) is 2.48. The fraction of sp³-hybridized carbons (Fsp3) is 0.467. The van der Waals surface area contributed by atoms with E-state index in [1.807, 2.05) is 46.9 Å². The van der Waals surface area contributed by atoms with Gasteiger partial charge in [-0.1, -0.05) is 12.1 Å². The third-order valence-corrected chi connectivity index (χ3v) is 4.49. The molecular formula is C15H19BFNO2. The van der Waals surface area contributed by atoms with E-state index in [9.17, 15) is 4.39 Å². The van der Waals surface area contributed by atoms with Gasteiger partial charge < -0.3 is 13.9 Å². The van der Waals surface area contributed by atoms with Crippen molar-refractivity contribution in [2.45, 2.75) is 38.9 Å². The van der Waals surface area contributed by atoms with Gasteiger partial charge in [-0.15, -0.1) is 0 Å². The summed E-state index contributed by atoms with van der Waals surface area (Å²) in [6, 6.07) is 5.58. The maximum atomic E-state index is 13.7. The molecule has 0 atom stereocenters. The summed E-state index contributed by atoms with van der Waals surface area (Å²) in [5.41, 5.74) is 1.02. The number of halogens is 1. The third kappa shape index (κ3) is 1.88. The second-order valence-electron chi connectivity index (χ2n) is 6.45. The minimum absolute atomic E-state index is 0.206. The largest absolute Gasteiger partial charge is 0.494 e. The molecule has 2 heterocycles. The molecule has 0 amide bonds. The highest BCUT2D eigenvalue weighted by Gasteiger charge is 2.51. The van der Waals surface area contributed by atoms with Gasteiger partial charge in [0.05, 0.1) is 16.7 Å². The average Bonchev–Trinajstić information content (AvgIpc) is 2.74. The lowest BCUT2D eigenvalue weighted by Gasteiger charge is -2.32. The van der Waals surface area contributed by atoms with Gasteiger partial charge in [0.25, 0.3) is 0 Å². The van der Waals surface area contributed by atoms with Crippen molar-refractivity contribution in [3.05, 3.63) is 30.2 Å². The van der Waals surface area contributed by atoms with Crippen molar-refractivity contribution >= 4 is 23.5 Å². The van der Waals surface area contributed by atoms with Crippen LogP contribution in [-0.4, -0.2) is 22.9 Å². The van der Waals surface area contributed by atoms with E-state index in [0.29, 0.717) is 5.39 Å². The van der Waals surface area contributed by atoms with Gasteiger partial charge in [0.1, 0.15) is 5.82 Å². The number of hydrogen-bond acceptors (Lipinski definition) is 2. The number of nitrogens with zero attached hydrogens (tertiary/aromatic N) is 1. The predicted octanol–water partition coefficient (Wildman–Crippen LogP) is 2.62. The van der Waals surface area contributed by atoms with Gasteiger partial charge in [0.15, 0.2) is 0 Å². The zero-order valence-electron chi connectivity index (χ0n) is 12.5. The van der Waals surface area contributed by atoms with Gasteiger partial charge in [-0.3, -0.25) is 0 Å². The molecule has 3 rings (SSSR count). The van der Waals surface area contributed by atoms with Crippen LogP contribution in [0.25, 0.3) is 10.9 Å². The van der Waals surface area contributed by atoms with Crippen molar-refractivity contribution in [2.24, 2.45) is 7.05 Å². The van der Waals surface area contributed by atoms with Crippen molar-refractivity contribution in [3.63, 3.8) is 0 Å². The molecule has 1 aromatic carbocycles. The molecule has 5 heteroatoms. The Hall–Kier alpha value is -1.33. The third-order valence-electron chi connectivity index (χ3n) is 4.49. The SMILES string of the molecule is Cn1cc(F)c2ccc(B3OC(C)(C)C(C)(C)O3)cc21. The van der Waals surface area contributed by atoms with E-state index in [1.54, 1.807) is 10.6 Å². The molecule has 3 nitrogen and oxygen atoms in total. The van der Waals surface area contributed by atoms with Crippen LogP contribution in [0.2, 0.25) is 0 Å². The Labute approximate surface area is 118 Å². The number of hydrogen-bond donors (Lipinski definition) is 0. The molecule has 0 bridgehead atoms. The van der Waals surface area contributed by atoms with E-state index < -0.39 is 7.12 Å². The number of benzene rings is 1. The van der Waals surface area contributed by atoms with Crippen LogP contribution in [0.3, 0.4) is 0 Å². The lowest BCUT2D eigenvalue weighted by Crippen LogP contribution is -2.41. The highest BCUT2D eigenvalue weighted by atomic mass is 19.1. The van der Waals surface area contributed by atoms with Crippen molar-refractivity contribution in [3.8, 4) is 0 Å². The van der Waals surface area contributed by atoms with Gasteiger partial charge in [-0.2, -0.15) is 0 Å². The van der Waals surface area contributed by atoms with E-state index in [0.717, 1.165) is 11.0 Å². The quantitative estimate of drug-likeness (QED) is 0.747. The predicted molar refractivity (Wildman–Crippen MR) is 78.6 cm³/mol. The first-order chi connectivity index (χ1) is 9.21. The molecule has 0 N–H and O–H groups in total. The molecule has 1 saturated heterocycles. The molecule has 1 fully saturated rings. The van der Waals surface area contributed by atoms with Gasteiger partial charge in [-0.25, -0.2) is 4.39 Å². The van der Waals surface area contributed by atoms with Crippen LogP contribution in [0.4, 0.5) is 4.39 Å². The molecular weight excluding hydrogens is 256 g/mol. The van der Waals surface area contributed by atoms with Gasteiger partial charge in [-0.05, 0) is 39.2 Å². The maximum absolute atomic E-state index is 13.7. The standard InChI is InChI=1S/C15H19BFNO2/c1-14(2)15(3,4)20-16(19-14)10-6-7-11-12(17)9-18(5)13(11)8-10/h6-9H,1-5H3. The molecule has 1 aliphatic heterocycles. The summed E-state index contributed by atoms with van der Waals surface area (Å²) in [6.07, 6.45) is 1.48. The Kier molecular flexibility index (Phi) is 2.79. The van der Waals surface area contributed by atoms with Crippen molar-refractivity contribution in [1.82, 2.24) is 4.57 Å². The fourth-order valence-electron chi connectivity index (χ4n) is 2.48. The molecule has 0 saturated carbocycles. The van der Waals surface area contributed by atoms with E-state index >= 15 is 0 Å². The Balaban J connectivity index is 2.02. The summed E-state index contributed by atoms with van der Waals surface area (Å²) in [6.45, 7) is 8.09. The number of fused-ring (bicyclic) bond motifs is 1. The van der Waals surface area contributed by atoms with Crippen LogP contribution in [0.1, 0.15) is 27.7 Å². The van der Waals surface area contributed by atoms with E-state index in [-0.39, 0.29) is 17.0 Å². The molecule has 0 spiro atoms. The minimum atomic E-state index is -0.414. The van der Waals surface area contributed by atoms with E-state index in [1.165, 1.54) is 6.20 Å². The maximum Gasteiger partial charge on any atom is 0.494 e. The average molecular weight is 275 g/mol. The van der Waals surface area contributed by atoms with E-state index in [2.05, 4.69) is 0 Å². The summed E-state index contributed by atoms with van der Waals surface area (Å²) < 4.78 is 27.5. The first kappa shape index (κ1) is 13.6. The molecule has 106 valence electrons. The summed E-state index contributed by atoms with van der Waals surface area (Å²) in [4.78, 5) is 0. The molecule has 0 radical (unpaired) electrons. The van der Waals surface area contributed by atoms with Gasteiger partial charge >= 0.3 is 7.12 Å². The van der Waals surface area contributed by atoms with Crippen LogP contribution >= 0.6 is 0 Å². The molecule has 1 aromatic heterocycles. The number of rotatable bonds is 1. The Morgan fingerprint density at radius 2 is 1.70 bits per heavy atom. The first-order valence-electron chi connectivity index (χ1n) is 6.81. The molecule has 0 unspecified atom stereocenters. The lowest BCUT2D eigenvalue weighted by molar-refractivity contribution is 0.00578. The van der Waals surface area contributed by atoms with E-state index in [4.69, 9.17) is 9.31 Å². The van der Waals surface area contributed by atoms with Crippen LogP contribution in [-0.2, 0) is 16.4 Å². The second-order valence-corrected chi connectivity index (χ2v) is 6.45. The highest BCUT2D eigenvalue weighted by molar-refractivity contribution is 6.62. The van der Waals surface area contributed by atoms with Gasteiger partial charge in [0, 0.05) is 18.6 Å². The molecule has 0 aliphatic carbocycles. The minimum Gasteiger partial charge on any atom is -0.399 e. The van der Waals surface area contributed by atoms with Crippen LogP contribution in [0, 0.1) is 5.82 Å². The smallest absolute Gasteiger partial charge is 0.399 e. The molecule has 2 aromatic rings. The molecule has 1 aliphatic rings. The van der Waals surface area contributed by atoms with Gasteiger partial charge in [0.2, 0.25) is 0 Å². The van der Waals surface area contributed by atoms with Crippen LogP contribution in [0.15, 0.2) is 24.4 Å². The summed E-state index contributed by atoms with van der Waals surface area (Å²) >= 11 is 0. The summed E-state index contributed by atoms with van der Waals surface area (Å²) in [5, 5.41) is 0.618. The first-order valence-corrected chi connectivity index (χ1v) is 6.81. The summed E-state index contributed by atoms with van der Waals surface area (Å²) in [5.74, 6) is -0.206. The zero-order valence-corrected chi connectivity index (χ0v) is 12.5. The number of aryl methyl sites for hydroxylation is 1.